The quantitative estimate of drug-likeness (QED) is 0.607. The number of rotatable bonds is 4. The number of nitrogens with zero attached hydrogens (tertiary/aromatic N) is 2. The first-order valence-corrected chi connectivity index (χ1v) is 11.2. The molecule has 2 heterocycles. The number of aryl methyl sites for hydroxylation is 1. The fourth-order valence-electron chi connectivity index (χ4n) is 5.07. The molecule has 4 nitrogen and oxygen atoms in total. The predicted octanol–water partition coefficient (Wildman–Crippen LogP) is 5.60. The lowest BCUT2D eigenvalue weighted by Gasteiger charge is -2.45. The maximum absolute atomic E-state index is 13.3. The van der Waals surface area contributed by atoms with Crippen LogP contribution in [0.3, 0.4) is 0 Å². The number of carbonyl (C=O) groups excluding carboxylic acids is 1. The van der Waals surface area contributed by atoms with Crippen LogP contribution in [0.5, 0.6) is 0 Å². The first-order valence-electron chi connectivity index (χ1n) is 11.2. The van der Waals surface area contributed by atoms with Crippen molar-refractivity contribution in [2.75, 3.05) is 18.4 Å². The maximum Gasteiger partial charge on any atom is 0.322 e. The Bertz CT molecular complexity index is 1060. The zero-order valence-electron chi connectivity index (χ0n) is 18.0. The molecule has 0 radical (unpaired) electrons. The van der Waals surface area contributed by atoms with Crippen LogP contribution in [0.15, 0.2) is 78.9 Å². The lowest BCUT2D eigenvalue weighted by Crippen LogP contribution is -2.52. The number of carbonyl (C=O) groups is 1. The van der Waals surface area contributed by atoms with Gasteiger partial charge in [-0.1, -0.05) is 78.4 Å². The van der Waals surface area contributed by atoms with Crippen molar-refractivity contribution in [2.24, 2.45) is 0 Å². The second-order valence-corrected chi connectivity index (χ2v) is 8.73. The number of hydrogen-bond donors (Lipinski definition) is 1. The fraction of sp³-hybridized carbons (Fsp3) is 0.296. The van der Waals surface area contributed by atoms with Crippen molar-refractivity contribution < 1.29 is 4.79 Å². The molecule has 2 amide bonds. The highest BCUT2D eigenvalue weighted by Crippen LogP contribution is 2.40. The summed E-state index contributed by atoms with van der Waals surface area (Å²) in [6.45, 7) is 5.13. The summed E-state index contributed by atoms with van der Waals surface area (Å²) in [5.74, 6) is 0. The van der Waals surface area contributed by atoms with E-state index in [4.69, 9.17) is 0 Å². The van der Waals surface area contributed by atoms with E-state index in [1.165, 1.54) is 22.3 Å². The number of likely N-dealkylation sites (tertiary alicyclic amines) is 1. The highest BCUT2D eigenvalue weighted by atomic mass is 16.2. The summed E-state index contributed by atoms with van der Waals surface area (Å²) in [5.41, 5.74) is 5.95. The molecular weight excluding hydrogens is 382 g/mol. The number of amides is 2. The number of urea groups is 1. The van der Waals surface area contributed by atoms with Gasteiger partial charge in [-0.15, -0.1) is 0 Å². The molecule has 0 bridgehead atoms. The molecule has 1 N–H and O–H groups in total. The van der Waals surface area contributed by atoms with Gasteiger partial charge in [-0.25, -0.2) is 4.79 Å². The van der Waals surface area contributed by atoms with E-state index in [1.54, 1.807) is 0 Å². The normalized spacial score (nSPS) is 19.7. The smallest absolute Gasteiger partial charge is 0.310 e. The second-order valence-electron chi connectivity index (χ2n) is 8.73. The summed E-state index contributed by atoms with van der Waals surface area (Å²) in [4.78, 5) is 17.9. The molecule has 1 saturated heterocycles. The summed E-state index contributed by atoms with van der Waals surface area (Å²) < 4.78 is 0. The highest BCUT2D eigenvalue weighted by Gasteiger charge is 2.38. The van der Waals surface area contributed by atoms with Crippen LogP contribution in [0.1, 0.15) is 41.1 Å². The van der Waals surface area contributed by atoms with E-state index in [0.29, 0.717) is 0 Å². The topological polar surface area (TPSA) is 35.6 Å². The molecule has 0 saturated carbocycles. The van der Waals surface area contributed by atoms with Crippen LogP contribution in [0.2, 0.25) is 0 Å². The Morgan fingerprint density at radius 1 is 0.903 bits per heavy atom. The monoisotopic (exact) mass is 411 g/mol. The number of piperidine rings is 1. The number of fused-ring (bicyclic) bond motifs is 1. The van der Waals surface area contributed by atoms with Crippen molar-refractivity contribution >= 4 is 11.7 Å². The van der Waals surface area contributed by atoms with Crippen molar-refractivity contribution in [3.05, 3.63) is 101 Å². The molecule has 158 valence electrons. The van der Waals surface area contributed by atoms with Gasteiger partial charge >= 0.3 is 6.03 Å². The highest BCUT2D eigenvalue weighted by molar-refractivity contribution is 5.93. The number of nitrogens with one attached hydrogen (secondary N) is 1. The number of hydrogen-bond acceptors (Lipinski definition) is 2. The minimum Gasteiger partial charge on any atom is -0.310 e. The fourth-order valence-corrected chi connectivity index (χ4v) is 5.07. The average molecular weight is 412 g/mol. The van der Waals surface area contributed by atoms with Gasteiger partial charge in [0, 0.05) is 36.9 Å². The van der Waals surface area contributed by atoms with Gasteiger partial charge in [0.05, 0.1) is 6.04 Å². The van der Waals surface area contributed by atoms with Crippen LogP contribution in [0.25, 0.3) is 0 Å². The largest absolute Gasteiger partial charge is 0.322 e. The molecule has 1 unspecified atom stereocenters. The van der Waals surface area contributed by atoms with Crippen LogP contribution < -0.4 is 5.32 Å². The summed E-state index contributed by atoms with van der Waals surface area (Å²) in [6, 6.07) is 27.6. The molecule has 1 atom stereocenters. The first kappa shape index (κ1) is 19.8. The van der Waals surface area contributed by atoms with Crippen LogP contribution in [-0.4, -0.2) is 35.0 Å². The maximum atomic E-state index is 13.3. The van der Waals surface area contributed by atoms with Crippen molar-refractivity contribution in [2.45, 2.75) is 38.4 Å². The van der Waals surface area contributed by atoms with Crippen molar-refractivity contribution in [3.63, 3.8) is 0 Å². The van der Waals surface area contributed by atoms with Crippen LogP contribution >= 0.6 is 0 Å². The van der Waals surface area contributed by atoms with E-state index >= 15 is 0 Å². The van der Waals surface area contributed by atoms with Crippen molar-refractivity contribution in [3.8, 4) is 0 Å². The van der Waals surface area contributed by atoms with Gasteiger partial charge in [-0.3, -0.25) is 4.90 Å². The van der Waals surface area contributed by atoms with Gasteiger partial charge < -0.3 is 10.2 Å². The van der Waals surface area contributed by atoms with Crippen LogP contribution in [0.4, 0.5) is 10.5 Å². The molecule has 1 fully saturated rings. The number of para-hydroxylation sites is 1. The molecule has 3 aromatic carbocycles. The molecule has 2 aliphatic heterocycles. The van der Waals surface area contributed by atoms with Gasteiger partial charge in [0.1, 0.15) is 0 Å². The van der Waals surface area contributed by atoms with Crippen molar-refractivity contribution in [1.82, 2.24) is 9.80 Å². The Morgan fingerprint density at radius 3 is 2.42 bits per heavy atom. The van der Waals surface area contributed by atoms with E-state index in [9.17, 15) is 4.79 Å². The Hall–Kier alpha value is -3.11. The van der Waals surface area contributed by atoms with Gasteiger partial charge in [0.15, 0.2) is 0 Å². The molecule has 3 aromatic rings. The summed E-state index contributed by atoms with van der Waals surface area (Å²) in [5, 5.41) is 3.14. The Labute approximate surface area is 184 Å². The van der Waals surface area contributed by atoms with E-state index in [1.807, 2.05) is 18.2 Å². The molecule has 0 spiro atoms. The molecule has 31 heavy (non-hydrogen) atoms. The predicted molar refractivity (Wildman–Crippen MR) is 125 cm³/mol. The Balaban J connectivity index is 1.37. The Morgan fingerprint density at radius 2 is 1.65 bits per heavy atom. The van der Waals surface area contributed by atoms with E-state index < -0.39 is 0 Å². The molecule has 0 aliphatic carbocycles. The van der Waals surface area contributed by atoms with Gasteiger partial charge in [-0.2, -0.15) is 0 Å². The van der Waals surface area contributed by atoms with Gasteiger partial charge in [-0.05, 0) is 37.0 Å². The Kier molecular flexibility index (Phi) is 5.47. The number of anilines is 1. The summed E-state index contributed by atoms with van der Waals surface area (Å²) in [7, 11) is 0. The molecular formula is C27H29N3O. The summed E-state index contributed by atoms with van der Waals surface area (Å²) in [6.07, 6.45) is 1.98. The van der Waals surface area contributed by atoms with Crippen LogP contribution in [0, 0.1) is 6.92 Å². The number of benzene rings is 3. The van der Waals surface area contributed by atoms with E-state index in [2.05, 4.69) is 82.7 Å². The summed E-state index contributed by atoms with van der Waals surface area (Å²) >= 11 is 0. The van der Waals surface area contributed by atoms with E-state index in [0.717, 1.165) is 38.2 Å². The van der Waals surface area contributed by atoms with E-state index in [-0.39, 0.29) is 18.1 Å². The molecule has 4 heteroatoms. The third kappa shape index (κ3) is 4.08. The molecule has 2 aliphatic rings. The molecule has 5 rings (SSSR count). The minimum atomic E-state index is -0.0422. The van der Waals surface area contributed by atoms with Crippen LogP contribution in [-0.2, 0) is 6.54 Å². The lowest BCUT2D eigenvalue weighted by atomic mass is 9.90. The SMILES string of the molecule is Cc1cccc(CN2CCC(N3C(=O)Nc4ccccc4C3c3ccccc3)CC2)c1. The zero-order valence-corrected chi connectivity index (χ0v) is 18.0. The minimum absolute atomic E-state index is 0.0182. The van der Waals surface area contributed by atoms with Gasteiger partial charge in [0.25, 0.3) is 0 Å². The average Bonchev–Trinajstić information content (AvgIpc) is 2.79. The third-order valence-electron chi connectivity index (χ3n) is 6.56. The van der Waals surface area contributed by atoms with Gasteiger partial charge in [0.2, 0.25) is 0 Å². The van der Waals surface area contributed by atoms with Crippen molar-refractivity contribution in [1.29, 1.82) is 0 Å². The second kappa shape index (κ2) is 8.56. The standard InChI is InChI=1S/C27H29N3O/c1-20-8-7-9-21(18-20)19-29-16-14-23(15-17-29)30-26(22-10-3-2-4-11-22)24-12-5-6-13-25(24)28-27(30)31/h2-13,18,23,26H,14-17,19H2,1H3,(H,28,31). The lowest BCUT2D eigenvalue weighted by molar-refractivity contribution is 0.106. The zero-order chi connectivity index (χ0) is 21.2. The first-order chi connectivity index (χ1) is 15.2. The molecule has 0 aromatic heterocycles. The third-order valence-corrected chi connectivity index (χ3v) is 6.56.